The lowest BCUT2D eigenvalue weighted by Gasteiger charge is -2.09. The van der Waals surface area contributed by atoms with Gasteiger partial charge in [-0.1, -0.05) is 0 Å². The quantitative estimate of drug-likeness (QED) is 0.232. The zero-order valence-corrected chi connectivity index (χ0v) is 22.0. The number of hydrogen-bond acceptors (Lipinski definition) is 7. The number of halogens is 2. The van der Waals surface area contributed by atoms with Crippen LogP contribution in [0.3, 0.4) is 0 Å². The molecule has 184 valence electrons. The van der Waals surface area contributed by atoms with Crippen molar-refractivity contribution >= 4 is 65.5 Å². The summed E-state index contributed by atoms with van der Waals surface area (Å²) in [4.78, 5) is 16.8. The van der Waals surface area contributed by atoms with E-state index in [9.17, 15) is 26.0 Å². The van der Waals surface area contributed by atoms with Crippen LogP contribution in [0, 0.1) is 9.39 Å². The highest BCUT2D eigenvalue weighted by atomic mass is 127. The first-order valence-electron chi connectivity index (χ1n) is 10.0. The molecule has 14 heteroatoms. The number of nitrogens with one attached hydrogen (secondary N) is 3. The van der Waals surface area contributed by atoms with E-state index in [-0.39, 0.29) is 47.3 Å². The Kier molecular flexibility index (Phi) is 8.15. The van der Waals surface area contributed by atoms with Crippen molar-refractivity contribution in [3.63, 3.8) is 0 Å². The van der Waals surface area contributed by atoms with Crippen molar-refractivity contribution in [1.29, 1.82) is 0 Å². The van der Waals surface area contributed by atoms with Crippen LogP contribution in [0.4, 0.5) is 10.2 Å². The standard InChI is InChI=1S/C20H22FIN4O6S2/c1-3-33(28,29)24-9-4-10-34(30,31)26-18-15(22)11-14-16(19(27)23-2)17(32-20(14)25-18)12-5-7-13(21)8-6-12/h5-8,11,24H,3-4,9-10H2,1-2H3,(H,23,27)(H,25,26). The SMILES string of the molecule is CCS(=O)(=O)NCCCS(=O)(=O)Nc1nc2oc(-c3ccc(F)cc3)c(C(=O)NC)c2cc1I. The number of anilines is 1. The topological polar surface area (TPSA) is 147 Å². The molecular formula is C20H22FIN4O6S2. The van der Waals surface area contributed by atoms with Crippen molar-refractivity contribution in [2.45, 2.75) is 13.3 Å². The summed E-state index contributed by atoms with van der Waals surface area (Å²) in [6.07, 6.45) is 0.0592. The van der Waals surface area contributed by atoms with Crippen LogP contribution >= 0.6 is 22.6 Å². The monoisotopic (exact) mass is 624 g/mol. The maximum absolute atomic E-state index is 13.4. The molecular weight excluding hydrogens is 602 g/mol. The Hall–Kier alpha value is -2.30. The number of nitrogens with zero attached hydrogens (tertiary/aromatic N) is 1. The van der Waals surface area contributed by atoms with Crippen molar-refractivity contribution in [3.8, 4) is 11.3 Å². The fourth-order valence-corrected chi connectivity index (χ4v) is 5.50. The lowest BCUT2D eigenvalue weighted by molar-refractivity contribution is 0.0964. The Morgan fingerprint density at radius 3 is 2.44 bits per heavy atom. The molecule has 0 saturated heterocycles. The van der Waals surface area contributed by atoms with E-state index in [0.717, 1.165) is 0 Å². The first-order chi connectivity index (χ1) is 16.0. The van der Waals surface area contributed by atoms with E-state index in [0.29, 0.717) is 14.5 Å². The lowest BCUT2D eigenvalue weighted by Crippen LogP contribution is -2.28. The summed E-state index contributed by atoms with van der Waals surface area (Å²) in [6, 6.07) is 6.94. The average Bonchev–Trinajstić information content (AvgIpc) is 3.15. The van der Waals surface area contributed by atoms with Crippen LogP contribution in [-0.4, -0.2) is 52.8 Å². The zero-order valence-electron chi connectivity index (χ0n) is 18.2. The van der Waals surface area contributed by atoms with Gasteiger partial charge in [-0.15, -0.1) is 0 Å². The largest absolute Gasteiger partial charge is 0.437 e. The van der Waals surface area contributed by atoms with Gasteiger partial charge in [0, 0.05) is 19.2 Å². The summed E-state index contributed by atoms with van der Waals surface area (Å²) >= 11 is 1.89. The molecule has 0 fully saturated rings. The number of furan rings is 1. The second-order valence-electron chi connectivity index (χ2n) is 7.14. The molecule has 2 aromatic heterocycles. The predicted molar refractivity (Wildman–Crippen MR) is 135 cm³/mol. The summed E-state index contributed by atoms with van der Waals surface area (Å²) < 4.78 is 72.2. The number of benzene rings is 1. The highest BCUT2D eigenvalue weighted by molar-refractivity contribution is 14.1. The van der Waals surface area contributed by atoms with Crippen molar-refractivity contribution in [3.05, 3.63) is 45.3 Å². The maximum atomic E-state index is 13.4. The third-order valence-corrected chi connectivity index (χ3v) is 8.30. The highest BCUT2D eigenvalue weighted by Crippen LogP contribution is 2.35. The third-order valence-electron chi connectivity index (χ3n) is 4.74. The first kappa shape index (κ1) is 26.3. The van der Waals surface area contributed by atoms with Gasteiger partial charge in [-0.3, -0.25) is 9.52 Å². The van der Waals surface area contributed by atoms with Gasteiger partial charge in [-0.25, -0.2) is 25.9 Å². The molecule has 0 bridgehead atoms. The van der Waals surface area contributed by atoms with Crippen molar-refractivity contribution in [2.75, 3.05) is 29.8 Å². The number of carbonyl (C=O) groups is 1. The van der Waals surface area contributed by atoms with Crippen LogP contribution < -0.4 is 14.8 Å². The number of fused-ring (bicyclic) bond motifs is 1. The molecule has 3 rings (SSSR count). The third kappa shape index (κ3) is 6.22. The van der Waals surface area contributed by atoms with E-state index in [1.165, 1.54) is 38.2 Å². The van der Waals surface area contributed by atoms with E-state index >= 15 is 0 Å². The number of rotatable bonds is 10. The molecule has 0 radical (unpaired) electrons. The Morgan fingerprint density at radius 2 is 1.82 bits per heavy atom. The van der Waals surface area contributed by atoms with E-state index in [1.807, 2.05) is 22.6 Å². The van der Waals surface area contributed by atoms with Gasteiger partial charge >= 0.3 is 0 Å². The smallest absolute Gasteiger partial charge is 0.255 e. The van der Waals surface area contributed by atoms with Crippen LogP contribution in [0.1, 0.15) is 23.7 Å². The molecule has 2 heterocycles. The molecule has 0 aliphatic carbocycles. The minimum absolute atomic E-state index is 0.00472. The molecule has 3 N–H and O–H groups in total. The number of pyridine rings is 1. The highest BCUT2D eigenvalue weighted by Gasteiger charge is 2.24. The Balaban J connectivity index is 1.91. The Labute approximate surface area is 209 Å². The van der Waals surface area contributed by atoms with E-state index in [1.54, 1.807) is 6.07 Å². The molecule has 0 saturated carbocycles. The van der Waals surface area contributed by atoms with Crippen LogP contribution in [0.15, 0.2) is 34.7 Å². The van der Waals surface area contributed by atoms with Gasteiger partial charge in [-0.05, 0) is 66.3 Å². The maximum Gasteiger partial charge on any atom is 0.255 e. The van der Waals surface area contributed by atoms with Crippen LogP contribution in [0.5, 0.6) is 0 Å². The fraction of sp³-hybridized carbons (Fsp3) is 0.300. The van der Waals surface area contributed by atoms with Gasteiger partial charge in [0.15, 0.2) is 5.82 Å². The average molecular weight is 624 g/mol. The molecule has 1 aromatic carbocycles. The lowest BCUT2D eigenvalue weighted by atomic mass is 10.1. The number of carbonyl (C=O) groups excluding carboxylic acids is 1. The Bertz CT molecular complexity index is 1420. The minimum atomic E-state index is -3.85. The van der Waals surface area contributed by atoms with E-state index < -0.39 is 31.8 Å². The van der Waals surface area contributed by atoms with Crippen molar-refractivity contribution < 1.29 is 30.4 Å². The van der Waals surface area contributed by atoms with Gasteiger partial charge in [-0.2, -0.15) is 4.98 Å². The molecule has 1 amide bonds. The minimum Gasteiger partial charge on any atom is -0.437 e. The number of aromatic nitrogens is 1. The van der Waals surface area contributed by atoms with Gasteiger partial charge in [0.1, 0.15) is 11.6 Å². The van der Waals surface area contributed by atoms with Gasteiger partial charge in [0.05, 0.1) is 26.0 Å². The van der Waals surface area contributed by atoms with Gasteiger partial charge < -0.3 is 9.73 Å². The predicted octanol–water partition coefficient (Wildman–Crippen LogP) is 2.67. The van der Waals surface area contributed by atoms with Crippen LogP contribution in [0.25, 0.3) is 22.4 Å². The second kappa shape index (κ2) is 10.5. The first-order valence-corrected chi connectivity index (χ1v) is 14.4. The van der Waals surface area contributed by atoms with Crippen LogP contribution in [-0.2, 0) is 20.0 Å². The molecule has 34 heavy (non-hydrogen) atoms. The van der Waals surface area contributed by atoms with Crippen molar-refractivity contribution in [1.82, 2.24) is 15.0 Å². The molecule has 0 aliphatic heterocycles. The summed E-state index contributed by atoms with van der Waals surface area (Å²) in [7, 11) is -5.80. The molecule has 0 spiro atoms. The Morgan fingerprint density at radius 1 is 1.15 bits per heavy atom. The van der Waals surface area contributed by atoms with Crippen molar-refractivity contribution in [2.24, 2.45) is 0 Å². The summed E-state index contributed by atoms with van der Waals surface area (Å²) in [5, 5.41) is 2.89. The number of sulfonamides is 2. The van der Waals surface area contributed by atoms with E-state index in [4.69, 9.17) is 4.42 Å². The summed E-state index contributed by atoms with van der Waals surface area (Å²) in [6.45, 7) is 1.46. The molecule has 0 unspecified atom stereocenters. The second-order valence-corrected chi connectivity index (χ2v) is 12.2. The molecule has 0 aliphatic rings. The fourth-order valence-electron chi connectivity index (χ4n) is 3.02. The molecule has 10 nitrogen and oxygen atoms in total. The summed E-state index contributed by atoms with van der Waals surface area (Å²) in [5.41, 5.74) is 0.656. The molecule has 0 atom stereocenters. The molecule has 3 aromatic rings. The zero-order chi connectivity index (χ0) is 25.1. The summed E-state index contributed by atoms with van der Waals surface area (Å²) in [5.74, 6) is -1.16. The number of hydrogen-bond donors (Lipinski definition) is 3. The van der Waals surface area contributed by atoms with E-state index in [2.05, 4.69) is 19.7 Å². The van der Waals surface area contributed by atoms with Gasteiger partial charge in [0.25, 0.3) is 5.91 Å². The normalized spacial score (nSPS) is 12.1. The number of amides is 1. The van der Waals surface area contributed by atoms with Crippen LogP contribution in [0.2, 0.25) is 0 Å². The van der Waals surface area contributed by atoms with Gasteiger partial charge in [0.2, 0.25) is 25.8 Å².